The van der Waals surface area contributed by atoms with Crippen molar-refractivity contribution < 1.29 is 14.1 Å². The Labute approximate surface area is 137 Å². The van der Waals surface area contributed by atoms with Crippen molar-refractivity contribution in [2.75, 3.05) is 0 Å². The van der Waals surface area contributed by atoms with Gasteiger partial charge in [0.1, 0.15) is 5.15 Å². The first-order valence-electron chi connectivity index (χ1n) is 5.90. The number of hydrogen-bond donors (Lipinski definition) is 1. The van der Waals surface area contributed by atoms with Crippen LogP contribution in [0.1, 0.15) is 21.6 Å². The first kappa shape index (κ1) is 16.2. The molecule has 112 valence electrons. The lowest BCUT2D eigenvalue weighted by Gasteiger charge is -2.07. The molecule has 1 aromatic heterocycles. The lowest BCUT2D eigenvalue weighted by molar-refractivity contribution is 0.0693. The summed E-state index contributed by atoms with van der Waals surface area (Å²) in [5.41, 5.74) is 1.37. The molecule has 2 aromatic rings. The van der Waals surface area contributed by atoms with Crippen LogP contribution < -0.4 is 0 Å². The van der Waals surface area contributed by atoms with Gasteiger partial charge in [0.15, 0.2) is 0 Å². The van der Waals surface area contributed by atoms with Crippen molar-refractivity contribution in [1.82, 2.24) is 9.78 Å². The summed E-state index contributed by atoms with van der Waals surface area (Å²) < 4.78 is 14.7. The molecule has 1 unspecified atom stereocenters. The number of carboxylic acid groups (broad SMARTS) is 1. The van der Waals surface area contributed by atoms with E-state index >= 15 is 0 Å². The molecule has 0 aliphatic rings. The number of halogens is 2. The molecule has 5 nitrogen and oxygen atoms in total. The largest absolute Gasteiger partial charge is 0.478 e. The van der Waals surface area contributed by atoms with Crippen molar-refractivity contribution in [1.29, 1.82) is 0 Å². The van der Waals surface area contributed by atoms with Gasteiger partial charge in [0.2, 0.25) is 0 Å². The number of benzene rings is 1. The zero-order valence-corrected chi connectivity index (χ0v) is 14.4. The van der Waals surface area contributed by atoms with E-state index in [1.165, 1.54) is 10.7 Å². The topological polar surface area (TPSA) is 72.2 Å². The van der Waals surface area contributed by atoms with Gasteiger partial charge < -0.3 is 5.11 Å². The summed E-state index contributed by atoms with van der Waals surface area (Å²) in [7, 11) is 0.165. The van der Waals surface area contributed by atoms with Crippen LogP contribution in [0.5, 0.6) is 0 Å². The van der Waals surface area contributed by atoms with E-state index < -0.39 is 16.8 Å². The standard InChI is InChI=1S/C13H12BrClN2O3S/c1-7-10(12(15)17(2)16-7)6-21(20)11-5-8(14)3-4-9(11)13(18)19/h3-5H,6H2,1-2H3,(H,18,19). The van der Waals surface area contributed by atoms with Crippen molar-refractivity contribution in [3.05, 3.63) is 44.6 Å². The Balaban J connectivity index is 2.41. The van der Waals surface area contributed by atoms with Crippen LogP contribution in [0, 0.1) is 6.92 Å². The fourth-order valence-electron chi connectivity index (χ4n) is 1.91. The molecular formula is C13H12BrClN2O3S. The van der Waals surface area contributed by atoms with E-state index in [1.807, 2.05) is 0 Å². The van der Waals surface area contributed by atoms with Crippen LogP contribution in [-0.2, 0) is 23.6 Å². The Morgan fingerprint density at radius 3 is 2.71 bits per heavy atom. The molecule has 8 heteroatoms. The van der Waals surface area contributed by atoms with Crippen molar-refractivity contribution in [3.63, 3.8) is 0 Å². The molecule has 1 N–H and O–H groups in total. The highest BCUT2D eigenvalue weighted by atomic mass is 79.9. The van der Waals surface area contributed by atoms with Gasteiger partial charge in [-0.05, 0) is 25.1 Å². The average molecular weight is 392 g/mol. The van der Waals surface area contributed by atoms with Crippen molar-refractivity contribution in [2.24, 2.45) is 7.05 Å². The second kappa shape index (κ2) is 6.29. The van der Waals surface area contributed by atoms with E-state index in [0.717, 1.165) is 0 Å². The van der Waals surface area contributed by atoms with Crippen molar-refractivity contribution in [2.45, 2.75) is 17.6 Å². The zero-order valence-electron chi connectivity index (χ0n) is 11.3. The monoisotopic (exact) mass is 390 g/mol. The Bertz CT molecular complexity index is 745. The molecule has 0 fully saturated rings. The lowest BCUT2D eigenvalue weighted by Crippen LogP contribution is -2.06. The van der Waals surface area contributed by atoms with Crippen LogP contribution in [-0.4, -0.2) is 25.1 Å². The molecule has 1 heterocycles. The van der Waals surface area contributed by atoms with Crippen LogP contribution in [0.4, 0.5) is 0 Å². The van der Waals surface area contributed by atoms with Gasteiger partial charge in [-0.1, -0.05) is 27.5 Å². The summed E-state index contributed by atoms with van der Waals surface area (Å²) in [6.45, 7) is 1.78. The molecule has 1 atom stereocenters. The maximum Gasteiger partial charge on any atom is 0.336 e. The summed E-state index contributed by atoms with van der Waals surface area (Å²) in [6, 6.07) is 4.59. The third kappa shape index (κ3) is 3.36. The quantitative estimate of drug-likeness (QED) is 0.869. The Kier molecular flexibility index (Phi) is 4.85. The molecule has 21 heavy (non-hydrogen) atoms. The van der Waals surface area contributed by atoms with E-state index in [2.05, 4.69) is 21.0 Å². The molecule has 0 saturated heterocycles. The molecule has 1 aromatic carbocycles. The van der Waals surface area contributed by atoms with E-state index in [-0.39, 0.29) is 16.2 Å². The summed E-state index contributed by atoms with van der Waals surface area (Å²) >= 11 is 9.38. The molecule has 2 rings (SSSR count). The minimum atomic E-state index is -1.53. The Hall–Kier alpha value is -1.18. The summed E-state index contributed by atoms with van der Waals surface area (Å²) in [6.07, 6.45) is 0. The van der Waals surface area contributed by atoms with Crippen LogP contribution >= 0.6 is 27.5 Å². The van der Waals surface area contributed by atoms with E-state index in [9.17, 15) is 14.1 Å². The SMILES string of the molecule is Cc1nn(C)c(Cl)c1CS(=O)c1cc(Br)ccc1C(=O)O. The van der Waals surface area contributed by atoms with Gasteiger partial charge in [-0.2, -0.15) is 5.10 Å². The zero-order chi connectivity index (χ0) is 15.7. The number of carboxylic acids is 1. The number of aromatic carboxylic acids is 1. The van der Waals surface area contributed by atoms with Crippen LogP contribution in [0.3, 0.4) is 0 Å². The molecular weight excluding hydrogens is 380 g/mol. The number of carbonyl (C=O) groups is 1. The third-order valence-electron chi connectivity index (χ3n) is 2.96. The minimum Gasteiger partial charge on any atom is -0.478 e. The second-order valence-corrected chi connectivity index (χ2v) is 7.11. The molecule has 0 radical (unpaired) electrons. The van der Waals surface area contributed by atoms with Crippen molar-refractivity contribution in [3.8, 4) is 0 Å². The predicted molar refractivity (Wildman–Crippen MR) is 84.2 cm³/mol. The molecule has 0 spiro atoms. The first-order valence-corrected chi connectivity index (χ1v) is 8.39. The van der Waals surface area contributed by atoms with E-state index in [1.54, 1.807) is 26.1 Å². The maximum atomic E-state index is 12.5. The minimum absolute atomic E-state index is 0.0224. The lowest BCUT2D eigenvalue weighted by atomic mass is 10.2. The van der Waals surface area contributed by atoms with E-state index in [4.69, 9.17) is 11.6 Å². The highest BCUT2D eigenvalue weighted by molar-refractivity contribution is 9.10. The molecule has 0 amide bonds. The second-order valence-electron chi connectivity index (χ2n) is 4.41. The molecule has 0 aliphatic carbocycles. The van der Waals surface area contributed by atoms with Gasteiger partial charge in [-0.3, -0.25) is 8.89 Å². The fourth-order valence-corrected chi connectivity index (χ4v) is 4.16. The van der Waals surface area contributed by atoms with Crippen LogP contribution in [0.2, 0.25) is 5.15 Å². The highest BCUT2D eigenvalue weighted by Gasteiger charge is 2.20. The summed E-state index contributed by atoms with van der Waals surface area (Å²) in [4.78, 5) is 11.5. The number of rotatable bonds is 4. The third-order valence-corrected chi connectivity index (χ3v) is 5.31. The number of aryl methyl sites for hydroxylation is 2. The van der Waals surface area contributed by atoms with Gasteiger partial charge in [0.25, 0.3) is 0 Å². The van der Waals surface area contributed by atoms with Gasteiger partial charge in [-0.25, -0.2) is 4.79 Å². The molecule has 0 bridgehead atoms. The van der Waals surface area contributed by atoms with Gasteiger partial charge in [-0.15, -0.1) is 0 Å². The van der Waals surface area contributed by atoms with Crippen LogP contribution in [0.25, 0.3) is 0 Å². The van der Waals surface area contributed by atoms with Crippen molar-refractivity contribution >= 4 is 44.3 Å². The van der Waals surface area contributed by atoms with Gasteiger partial charge >= 0.3 is 5.97 Å². The highest BCUT2D eigenvalue weighted by Crippen LogP contribution is 2.26. The Morgan fingerprint density at radius 2 is 2.19 bits per heavy atom. The number of aromatic nitrogens is 2. The molecule has 0 saturated carbocycles. The maximum absolute atomic E-state index is 12.5. The molecule has 0 aliphatic heterocycles. The summed E-state index contributed by atoms with van der Waals surface area (Å²) in [5, 5.41) is 13.8. The van der Waals surface area contributed by atoms with Crippen LogP contribution in [0.15, 0.2) is 27.6 Å². The Morgan fingerprint density at radius 1 is 1.52 bits per heavy atom. The first-order chi connectivity index (χ1) is 9.81. The fraction of sp³-hybridized carbons (Fsp3) is 0.231. The smallest absolute Gasteiger partial charge is 0.336 e. The number of hydrogen-bond acceptors (Lipinski definition) is 3. The normalized spacial score (nSPS) is 12.4. The average Bonchev–Trinajstić information content (AvgIpc) is 2.64. The van der Waals surface area contributed by atoms with E-state index in [0.29, 0.717) is 20.9 Å². The van der Waals surface area contributed by atoms with Gasteiger partial charge in [0.05, 0.1) is 32.7 Å². The number of nitrogens with zero attached hydrogens (tertiary/aromatic N) is 2. The summed E-state index contributed by atoms with van der Waals surface area (Å²) in [5.74, 6) is -0.991. The predicted octanol–water partition coefficient (Wildman–Crippen LogP) is 3.15. The van der Waals surface area contributed by atoms with Gasteiger partial charge in [0, 0.05) is 17.1 Å².